The molecule has 0 saturated heterocycles. The molecule has 6 rings (SSSR count). The highest BCUT2D eigenvalue weighted by atomic mass is 79.9. The van der Waals surface area contributed by atoms with Gasteiger partial charge in [-0.2, -0.15) is 0 Å². The van der Waals surface area contributed by atoms with Gasteiger partial charge in [-0.3, -0.25) is 0 Å². The van der Waals surface area contributed by atoms with Crippen LogP contribution in [0.4, 0.5) is 17.1 Å². The van der Waals surface area contributed by atoms with Crippen molar-refractivity contribution in [3.8, 4) is 11.1 Å². The maximum atomic E-state index is 6.21. The van der Waals surface area contributed by atoms with E-state index in [0.29, 0.717) is 0 Å². The molecule has 0 aliphatic heterocycles. The van der Waals surface area contributed by atoms with Crippen LogP contribution in [0.2, 0.25) is 0 Å². The number of furan rings is 1. The van der Waals surface area contributed by atoms with Crippen LogP contribution in [0, 0.1) is 0 Å². The molecule has 158 valence electrons. The molecule has 0 spiro atoms. The highest BCUT2D eigenvalue weighted by Gasteiger charge is 2.18. The molecule has 0 N–H and O–H groups in total. The zero-order chi connectivity index (χ0) is 22.2. The van der Waals surface area contributed by atoms with E-state index in [1.54, 1.807) is 0 Å². The van der Waals surface area contributed by atoms with Gasteiger partial charge in [-0.25, -0.2) is 0 Å². The average molecular weight is 490 g/mol. The molecule has 2 nitrogen and oxygen atoms in total. The third-order valence-corrected chi connectivity index (χ3v) is 6.46. The van der Waals surface area contributed by atoms with Gasteiger partial charge in [-0.05, 0) is 54.1 Å². The van der Waals surface area contributed by atoms with E-state index < -0.39 is 0 Å². The van der Waals surface area contributed by atoms with Gasteiger partial charge in [-0.1, -0.05) is 82.7 Å². The highest BCUT2D eigenvalue weighted by molar-refractivity contribution is 9.10. The van der Waals surface area contributed by atoms with Crippen LogP contribution in [0.25, 0.3) is 33.1 Å². The fourth-order valence-corrected chi connectivity index (χ4v) is 4.67. The number of fused-ring (bicyclic) bond motifs is 3. The molecular formula is C30H20BrNO. The minimum Gasteiger partial charge on any atom is -0.456 e. The van der Waals surface area contributed by atoms with Crippen molar-refractivity contribution in [2.75, 3.05) is 4.90 Å². The Morgan fingerprint density at radius 3 is 2.06 bits per heavy atom. The van der Waals surface area contributed by atoms with Crippen LogP contribution in [-0.4, -0.2) is 0 Å². The zero-order valence-corrected chi connectivity index (χ0v) is 19.4. The lowest BCUT2D eigenvalue weighted by atomic mass is 10.0. The summed E-state index contributed by atoms with van der Waals surface area (Å²) < 4.78 is 7.27. The maximum Gasteiger partial charge on any atom is 0.137 e. The smallest absolute Gasteiger partial charge is 0.137 e. The van der Waals surface area contributed by atoms with E-state index in [-0.39, 0.29) is 0 Å². The summed E-state index contributed by atoms with van der Waals surface area (Å²) >= 11 is 3.58. The van der Waals surface area contributed by atoms with Crippen LogP contribution in [0.15, 0.2) is 130 Å². The van der Waals surface area contributed by atoms with Crippen molar-refractivity contribution in [2.45, 2.75) is 0 Å². The molecule has 0 fully saturated rings. The van der Waals surface area contributed by atoms with Gasteiger partial charge in [0.25, 0.3) is 0 Å². The van der Waals surface area contributed by atoms with Crippen LogP contribution in [0.3, 0.4) is 0 Å². The van der Waals surface area contributed by atoms with Gasteiger partial charge in [0.2, 0.25) is 0 Å². The second-order valence-corrected chi connectivity index (χ2v) is 8.89. The molecule has 6 aromatic rings. The number of hydrogen-bond acceptors (Lipinski definition) is 2. The van der Waals surface area contributed by atoms with Crippen molar-refractivity contribution >= 4 is 54.9 Å². The number of halogens is 1. The molecule has 5 aromatic carbocycles. The Labute approximate surface area is 200 Å². The molecule has 33 heavy (non-hydrogen) atoms. The van der Waals surface area contributed by atoms with Crippen molar-refractivity contribution in [3.63, 3.8) is 0 Å². The van der Waals surface area contributed by atoms with Gasteiger partial charge in [-0.15, -0.1) is 0 Å². The van der Waals surface area contributed by atoms with E-state index in [4.69, 9.17) is 4.42 Å². The highest BCUT2D eigenvalue weighted by Crippen LogP contribution is 2.42. The molecule has 3 heteroatoms. The molecule has 0 bridgehead atoms. The van der Waals surface area contributed by atoms with Gasteiger partial charge < -0.3 is 9.32 Å². The standard InChI is InChI=1S/C30H20BrNO/c31-22-14-16-23(17-15-22)32(28-12-6-4-10-25(28)21-8-2-1-3-9-21)24-18-19-27-26-11-5-7-13-29(26)33-30(27)20-24/h1-20H. The van der Waals surface area contributed by atoms with Crippen molar-refractivity contribution in [1.82, 2.24) is 0 Å². The fraction of sp³-hybridized carbons (Fsp3) is 0. The largest absolute Gasteiger partial charge is 0.456 e. The third-order valence-electron chi connectivity index (χ3n) is 5.94. The Balaban J connectivity index is 1.59. The van der Waals surface area contributed by atoms with Crippen LogP contribution in [-0.2, 0) is 0 Å². The Morgan fingerprint density at radius 2 is 1.21 bits per heavy atom. The molecular weight excluding hydrogens is 470 g/mol. The van der Waals surface area contributed by atoms with Crippen LogP contribution in [0.1, 0.15) is 0 Å². The summed E-state index contributed by atoms with van der Waals surface area (Å²) in [5.74, 6) is 0. The molecule has 1 heterocycles. The number of rotatable bonds is 4. The predicted octanol–water partition coefficient (Wildman–Crippen LogP) is 9.49. The van der Waals surface area contributed by atoms with Crippen molar-refractivity contribution in [3.05, 3.63) is 126 Å². The second kappa shape index (κ2) is 8.27. The Kier molecular flexibility index (Phi) is 4.97. The summed E-state index contributed by atoms with van der Waals surface area (Å²) in [6.45, 7) is 0. The predicted molar refractivity (Wildman–Crippen MR) is 142 cm³/mol. The normalized spacial score (nSPS) is 11.2. The zero-order valence-electron chi connectivity index (χ0n) is 17.8. The summed E-state index contributed by atoms with van der Waals surface area (Å²) in [5, 5.41) is 2.26. The lowest BCUT2D eigenvalue weighted by Gasteiger charge is -2.28. The first kappa shape index (κ1) is 19.8. The van der Waals surface area contributed by atoms with Gasteiger partial charge in [0.15, 0.2) is 0 Å². The second-order valence-electron chi connectivity index (χ2n) is 7.97. The average Bonchev–Trinajstić information content (AvgIpc) is 3.24. The lowest BCUT2D eigenvalue weighted by molar-refractivity contribution is 0.669. The SMILES string of the molecule is Brc1ccc(N(c2ccc3c(c2)oc2ccccc23)c2ccccc2-c2ccccc2)cc1. The summed E-state index contributed by atoms with van der Waals surface area (Å²) in [6, 6.07) is 42.1. The fourth-order valence-electron chi connectivity index (χ4n) is 4.40. The van der Waals surface area contributed by atoms with E-state index >= 15 is 0 Å². The maximum absolute atomic E-state index is 6.21. The molecule has 0 amide bonds. The van der Waals surface area contributed by atoms with Crippen LogP contribution in [0.5, 0.6) is 0 Å². The van der Waals surface area contributed by atoms with E-state index in [1.807, 2.05) is 18.2 Å². The van der Waals surface area contributed by atoms with Gasteiger partial charge in [0.1, 0.15) is 11.2 Å². The molecule has 1 aromatic heterocycles. The third kappa shape index (κ3) is 3.61. The number of anilines is 3. The molecule has 0 radical (unpaired) electrons. The number of nitrogens with zero attached hydrogens (tertiary/aromatic N) is 1. The van der Waals surface area contributed by atoms with E-state index in [0.717, 1.165) is 43.5 Å². The van der Waals surface area contributed by atoms with Gasteiger partial charge >= 0.3 is 0 Å². The van der Waals surface area contributed by atoms with E-state index in [9.17, 15) is 0 Å². The number of hydrogen-bond donors (Lipinski definition) is 0. The summed E-state index contributed by atoms with van der Waals surface area (Å²) in [4.78, 5) is 2.29. The number of para-hydroxylation sites is 2. The van der Waals surface area contributed by atoms with E-state index in [1.165, 1.54) is 11.1 Å². The molecule has 0 atom stereocenters. The lowest BCUT2D eigenvalue weighted by Crippen LogP contribution is -2.11. The minimum absolute atomic E-state index is 0.882. The Hall–Kier alpha value is -3.82. The Morgan fingerprint density at radius 1 is 0.545 bits per heavy atom. The van der Waals surface area contributed by atoms with Gasteiger partial charge in [0.05, 0.1) is 5.69 Å². The van der Waals surface area contributed by atoms with E-state index in [2.05, 4.69) is 124 Å². The van der Waals surface area contributed by atoms with Gasteiger partial charge in [0, 0.05) is 38.2 Å². The van der Waals surface area contributed by atoms with Crippen molar-refractivity contribution in [2.24, 2.45) is 0 Å². The monoisotopic (exact) mass is 489 g/mol. The van der Waals surface area contributed by atoms with Crippen molar-refractivity contribution in [1.29, 1.82) is 0 Å². The molecule has 0 unspecified atom stereocenters. The molecule has 0 aliphatic carbocycles. The molecule has 0 aliphatic rings. The van der Waals surface area contributed by atoms with Crippen molar-refractivity contribution < 1.29 is 4.42 Å². The Bertz CT molecular complexity index is 1570. The quantitative estimate of drug-likeness (QED) is 0.245. The molecule has 0 saturated carbocycles. The van der Waals surface area contributed by atoms with Crippen LogP contribution < -0.4 is 4.90 Å². The first-order chi connectivity index (χ1) is 16.3. The first-order valence-electron chi connectivity index (χ1n) is 10.9. The first-order valence-corrected chi connectivity index (χ1v) is 11.7. The minimum atomic E-state index is 0.882. The summed E-state index contributed by atoms with van der Waals surface area (Å²) in [5.41, 5.74) is 7.38. The summed E-state index contributed by atoms with van der Waals surface area (Å²) in [6.07, 6.45) is 0. The van der Waals surface area contributed by atoms with Crippen LogP contribution >= 0.6 is 15.9 Å². The number of benzene rings is 5. The summed E-state index contributed by atoms with van der Waals surface area (Å²) in [7, 11) is 0. The topological polar surface area (TPSA) is 16.4 Å².